The van der Waals surface area contributed by atoms with Crippen molar-refractivity contribution >= 4 is 16.6 Å². The van der Waals surface area contributed by atoms with Gasteiger partial charge in [-0.15, -0.1) is 0 Å². The van der Waals surface area contributed by atoms with Gasteiger partial charge in [-0.05, 0) is 18.2 Å². The van der Waals surface area contributed by atoms with Crippen LogP contribution in [0.2, 0.25) is 0 Å². The molecule has 0 aliphatic carbocycles. The monoisotopic (exact) mass is 174 g/mol. The lowest BCUT2D eigenvalue weighted by molar-refractivity contribution is 0.476. The lowest BCUT2D eigenvalue weighted by Gasteiger charge is -2.01. The summed E-state index contributed by atoms with van der Waals surface area (Å²) in [6, 6.07) is 7.14. The van der Waals surface area contributed by atoms with E-state index in [-0.39, 0.29) is 5.75 Å². The van der Waals surface area contributed by atoms with E-state index in [4.69, 9.17) is 0 Å². The molecule has 1 aromatic heterocycles. The first-order valence-electron chi connectivity index (χ1n) is 4.06. The topological polar surface area (TPSA) is 45.2 Å². The highest BCUT2D eigenvalue weighted by atomic mass is 16.3. The molecule has 0 atom stereocenters. The maximum Gasteiger partial charge on any atom is 0.117 e. The van der Waals surface area contributed by atoms with Gasteiger partial charge < -0.3 is 10.4 Å². The SMILES string of the molecule is CNc1cnc2cc(O)ccc2c1. The van der Waals surface area contributed by atoms with E-state index in [9.17, 15) is 5.11 Å². The molecule has 1 heterocycles. The number of benzene rings is 1. The van der Waals surface area contributed by atoms with Crippen molar-refractivity contribution in [2.24, 2.45) is 0 Å². The number of pyridine rings is 1. The van der Waals surface area contributed by atoms with Gasteiger partial charge in [-0.25, -0.2) is 0 Å². The molecule has 0 unspecified atom stereocenters. The van der Waals surface area contributed by atoms with Gasteiger partial charge in [0.2, 0.25) is 0 Å². The van der Waals surface area contributed by atoms with Crippen molar-refractivity contribution < 1.29 is 5.11 Å². The maximum atomic E-state index is 9.20. The molecule has 3 heteroatoms. The second-order valence-corrected chi connectivity index (χ2v) is 2.85. The number of fused-ring (bicyclic) bond motifs is 1. The average molecular weight is 174 g/mol. The van der Waals surface area contributed by atoms with Gasteiger partial charge in [0.05, 0.1) is 17.4 Å². The van der Waals surface area contributed by atoms with Gasteiger partial charge in [-0.3, -0.25) is 4.98 Å². The largest absolute Gasteiger partial charge is 0.508 e. The third kappa shape index (κ3) is 1.40. The lowest BCUT2D eigenvalue weighted by Crippen LogP contribution is -1.88. The van der Waals surface area contributed by atoms with Gasteiger partial charge in [-0.2, -0.15) is 0 Å². The molecule has 1 aromatic carbocycles. The second-order valence-electron chi connectivity index (χ2n) is 2.85. The quantitative estimate of drug-likeness (QED) is 0.694. The molecular weight excluding hydrogens is 164 g/mol. The van der Waals surface area contributed by atoms with Crippen LogP contribution in [0.15, 0.2) is 30.5 Å². The van der Waals surface area contributed by atoms with Crippen molar-refractivity contribution in [1.82, 2.24) is 4.98 Å². The molecule has 0 spiro atoms. The van der Waals surface area contributed by atoms with Crippen LogP contribution in [0, 0.1) is 0 Å². The van der Waals surface area contributed by atoms with E-state index in [1.807, 2.05) is 19.2 Å². The summed E-state index contributed by atoms with van der Waals surface area (Å²) >= 11 is 0. The van der Waals surface area contributed by atoms with Crippen LogP contribution in [0.25, 0.3) is 10.9 Å². The molecule has 0 radical (unpaired) electrons. The minimum Gasteiger partial charge on any atom is -0.508 e. The summed E-state index contributed by atoms with van der Waals surface area (Å²) in [4.78, 5) is 4.19. The summed E-state index contributed by atoms with van der Waals surface area (Å²) in [6.07, 6.45) is 1.74. The minimum atomic E-state index is 0.247. The number of aromatic hydroxyl groups is 1. The van der Waals surface area contributed by atoms with Crippen molar-refractivity contribution in [3.63, 3.8) is 0 Å². The van der Waals surface area contributed by atoms with Crippen LogP contribution in [0.4, 0.5) is 5.69 Å². The van der Waals surface area contributed by atoms with Gasteiger partial charge in [-0.1, -0.05) is 0 Å². The smallest absolute Gasteiger partial charge is 0.117 e. The number of hydrogen-bond acceptors (Lipinski definition) is 3. The summed E-state index contributed by atoms with van der Waals surface area (Å²) < 4.78 is 0. The number of rotatable bonds is 1. The number of hydrogen-bond donors (Lipinski definition) is 2. The van der Waals surface area contributed by atoms with Crippen LogP contribution in [0.5, 0.6) is 5.75 Å². The fraction of sp³-hybridized carbons (Fsp3) is 0.100. The van der Waals surface area contributed by atoms with Crippen LogP contribution < -0.4 is 5.32 Å². The fourth-order valence-electron chi connectivity index (χ4n) is 1.25. The van der Waals surface area contributed by atoms with Gasteiger partial charge in [0, 0.05) is 18.5 Å². The highest BCUT2D eigenvalue weighted by Gasteiger charge is 1.97. The van der Waals surface area contributed by atoms with Crippen molar-refractivity contribution in [3.05, 3.63) is 30.5 Å². The van der Waals surface area contributed by atoms with Crippen molar-refractivity contribution in [1.29, 1.82) is 0 Å². The van der Waals surface area contributed by atoms with Crippen molar-refractivity contribution in [2.75, 3.05) is 12.4 Å². The van der Waals surface area contributed by atoms with Gasteiger partial charge in [0.1, 0.15) is 5.75 Å². The third-order valence-corrected chi connectivity index (χ3v) is 1.96. The Kier molecular flexibility index (Phi) is 1.77. The number of nitrogens with zero attached hydrogens (tertiary/aromatic N) is 1. The first-order valence-corrected chi connectivity index (χ1v) is 4.06. The molecule has 0 saturated carbocycles. The molecule has 66 valence electrons. The Morgan fingerprint density at radius 3 is 2.92 bits per heavy atom. The van der Waals surface area contributed by atoms with E-state index in [1.54, 1.807) is 18.3 Å². The number of aromatic nitrogens is 1. The molecular formula is C10H10N2O. The standard InChI is InChI=1S/C10H10N2O/c1-11-8-4-7-2-3-9(13)5-10(7)12-6-8/h2-6,11,13H,1H3. The van der Waals surface area contributed by atoms with Crippen LogP contribution >= 0.6 is 0 Å². The minimum absolute atomic E-state index is 0.247. The normalized spacial score (nSPS) is 10.2. The van der Waals surface area contributed by atoms with Crippen LogP contribution in [0.1, 0.15) is 0 Å². The van der Waals surface area contributed by atoms with Crippen LogP contribution in [-0.2, 0) is 0 Å². The van der Waals surface area contributed by atoms with E-state index in [0.717, 1.165) is 16.6 Å². The lowest BCUT2D eigenvalue weighted by atomic mass is 10.2. The molecule has 0 bridgehead atoms. The summed E-state index contributed by atoms with van der Waals surface area (Å²) in [5.41, 5.74) is 1.78. The molecule has 0 aliphatic heterocycles. The van der Waals surface area contributed by atoms with Gasteiger partial charge >= 0.3 is 0 Å². The Hall–Kier alpha value is -1.77. The van der Waals surface area contributed by atoms with Gasteiger partial charge in [0.25, 0.3) is 0 Å². The number of phenols is 1. The maximum absolute atomic E-state index is 9.20. The Morgan fingerprint density at radius 1 is 1.31 bits per heavy atom. The first kappa shape index (κ1) is 7.86. The van der Waals surface area contributed by atoms with E-state index in [1.165, 1.54) is 0 Å². The molecule has 0 fully saturated rings. The van der Waals surface area contributed by atoms with E-state index in [2.05, 4.69) is 10.3 Å². The Morgan fingerprint density at radius 2 is 2.15 bits per heavy atom. The summed E-state index contributed by atoms with van der Waals surface area (Å²) in [6.45, 7) is 0. The molecule has 0 saturated heterocycles. The summed E-state index contributed by atoms with van der Waals surface area (Å²) in [5.74, 6) is 0.247. The zero-order valence-corrected chi connectivity index (χ0v) is 7.28. The molecule has 2 rings (SSSR count). The van der Waals surface area contributed by atoms with E-state index in [0.29, 0.717) is 0 Å². The molecule has 2 N–H and O–H groups in total. The highest BCUT2D eigenvalue weighted by molar-refractivity contribution is 5.82. The summed E-state index contributed by atoms with van der Waals surface area (Å²) in [7, 11) is 1.85. The molecule has 2 aromatic rings. The van der Waals surface area contributed by atoms with Crippen LogP contribution in [-0.4, -0.2) is 17.1 Å². The fourth-order valence-corrected chi connectivity index (χ4v) is 1.25. The Balaban J connectivity index is 2.66. The Bertz CT molecular complexity index is 440. The molecule has 0 amide bonds. The second kappa shape index (κ2) is 2.94. The zero-order chi connectivity index (χ0) is 9.26. The predicted octanol–water partition coefficient (Wildman–Crippen LogP) is 1.98. The number of phenolic OH excluding ortho intramolecular Hbond substituents is 1. The van der Waals surface area contributed by atoms with E-state index >= 15 is 0 Å². The predicted molar refractivity (Wildman–Crippen MR) is 53.0 cm³/mol. The molecule has 13 heavy (non-hydrogen) atoms. The summed E-state index contributed by atoms with van der Waals surface area (Å²) in [5, 5.41) is 13.2. The third-order valence-electron chi connectivity index (χ3n) is 1.96. The molecule has 0 aliphatic rings. The van der Waals surface area contributed by atoms with Crippen LogP contribution in [0.3, 0.4) is 0 Å². The number of anilines is 1. The number of nitrogens with one attached hydrogen (secondary N) is 1. The molecule has 3 nitrogen and oxygen atoms in total. The zero-order valence-electron chi connectivity index (χ0n) is 7.28. The average Bonchev–Trinajstić information content (AvgIpc) is 2.17. The van der Waals surface area contributed by atoms with Crippen molar-refractivity contribution in [2.45, 2.75) is 0 Å². The van der Waals surface area contributed by atoms with E-state index < -0.39 is 0 Å². The first-order chi connectivity index (χ1) is 6.29. The highest BCUT2D eigenvalue weighted by Crippen LogP contribution is 2.20. The Labute approximate surface area is 76.0 Å². The van der Waals surface area contributed by atoms with Crippen molar-refractivity contribution in [3.8, 4) is 5.75 Å². The van der Waals surface area contributed by atoms with Gasteiger partial charge in [0.15, 0.2) is 0 Å².